The number of nitrogens with zero attached hydrogens (tertiary/aromatic N) is 1. The number of hydrogen-bond donors (Lipinski definition) is 5. The van der Waals surface area contributed by atoms with Crippen LogP contribution in [0.5, 0.6) is 5.75 Å². The number of carbonyl (C=O) groups is 2. The third-order valence-electron chi connectivity index (χ3n) is 4.62. The molecule has 0 spiro atoms. The number of ether oxygens (including phenoxy) is 1. The third kappa shape index (κ3) is 8.79. The van der Waals surface area contributed by atoms with E-state index in [0.29, 0.717) is 35.9 Å². The normalized spacial score (nSPS) is 12.3. The summed E-state index contributed by atoms with van der Waals surface area (Å²) in [7, 11) is 0. The molecule has 176 valence electrons. The molecule has 0 bridgehead atoms. The van der Waals surface area contributed by atoms with Gasteiger partial charge in [-0.25, -0.2) is 4.99 Å². The van der Waals surface area contributed by atoms with Crippen molar-refractivity contribution in [2.24, 2.45) is 22.4 Å². The lowest BCUT2D eigenvalue weighted by atomic mass is 10.1. The van der Waals surface area contributed by atoms with E-state index in [4.69, 9.17) is 21.6 Å². The summed E-state index contributed by atoms with van der Waals surface area (Å²) in [6.07, 6.45) is 2.86. The Hall–Kier alpha value is -3.36. The van der Waals surface area contributed by atoms with Gasteiger partial charge in [0, 0.05) is 13.0 Å². The van der Waals surface area contributed by atoms with Crippen molar-refractivity contribution in [3.05, 3.63) is 35.1 Å². The highest BCUT2D eigenvalue weighted by Gasteiger charge is 2.24. The van der Waals surface area contributed by atoms with Gasteiger partial charge >= 0.3 is 0 Å². The van der Waals surface area contributed by atoms with Gasteiger partial charge in [-0.2, -0.15) is 0 Å². The number of nitrogens with two attached hydrogens (primary N) is 3. The Labute approximate surface area is 189 Å². The first-order valence-corrected chi connectivity index (χ1v) is 10.8. The minimum absolute atomic E-state index is 0.155. The van der Waals surface area contributed by atoms with Crippen LogP contribution >= 0.6 is 0 Å². The van der Waals surface area contributed by atoms with E-state index in [-0.39, 0.29) is 29.5 Å². The van der Waals surface area contributed by atoms with E-state index in [1.807, 2.05) is 20.8 Å². The van der Waals surface area contributed by atoms with Gasteiger partial charge in [-0.05, 0) is 49.4 Å². The van der Waals surface area contributed by atoms with Crippen LogP contribution < -0.4 is 26.9 Å². The molecule has 9 heteroatoms. The summed E-state index contributed by atoms with van der Waals surface area (Å²) in [4.78, 5) is 28.1. The SMILES string of the molecule is CCCCC(=[NH2+])/C(O)=C(\C(=O)NCCC(C)C)C(N)=Nc1ccc(OCC(N)=O)cc1C. The minimum Gasteiger partial charge on any atom is -0.502 e. The van der Waals surface area contributed by atoms with Gasteiger partial charge < -0.3 is 26.6 Å². The van der Waals surface area contributed by atoms with E-state index in [2.05, 4.69) is 10.3 Å². The molecule has 0 aromatic heterocycles. The number of primary amides is 1. The molecule has 8 N–H and O–H groups in total. The Balaban J connectivity index is 3.24. The van der Waals surface area contributed by atoms with Crippen LogP contribution in [0, 0.1) is 12.8 Å². The van der Waals surface area contributed by atoms with Gasteiger partial charge in [-0.15, -0.1) is 0 Å². The van der Waals surface area contributed by atoms with Gasteiger partial charge in [0.25, 0.3) is 11.8 Å². The van der Waals surface area contributed by atoms with E-state index in [1.54, 1.807) is 25.1 Å². The number of unbranched alkanes of at least 4 members (excludes halogenated alkanes) is 1. The fourth-order valence-corrected chi connectivity index (χ4v) is 2.74. The Morgan fingerprint density at radius 2 is 1.97 bits per heavy atom. The van der Waals surface area contributed by atoms with Crippen molar-refractivity contribution in [1.29, 1.82) is 0 Å². The highest BCUT2D eigenvalue weighted by atomic mass is 16.5. The van der Waals surface area contributed by atoms with Crippen molar-refractivity contribution in [2.75, 3.05) is 13.2 Å². The second-order valence-corrected chi connectivity index (χ2v) is 7.99. The van der Waals surface area contributed by atoms with Gasteiger partial charge in [0.15, 0.2) is 12.4 Å². The number of benzene rings is 1. The number of amides is 2. The van der Waals surface area contributed by atoms with Crippen molar-refractivity contribution in [3.63, 3.8) is 0 Å². The first kappa shape index (κ1) is 26.7. The average molecular weight is 447 g/mol. The van der Waals surface area contributed by atoms with Crippen LogP contribution in [0.25, 0.3) is 0 Å². The standard InChI is InChI=1S/C23H35N5O4/c1-5-6-7-17(24)21(30)20(23(31)27-11-10-14(2)3)22(26)28-18-9-8-16(12-15(18)4)32-13-19(25)29/h8-9,12,14,24,30H,5-7,10-11,13H2,1-4H3,(H2,25,29)(H2,26,28)(H,27,31)/p+1/b21-20+,24-17?. The van der Waals surface area contributed by atoms with Crippen molar-refractivity contribution in [1.82, 2.24) is 5.32 Å². The van der Waals surface area contributed by atoms with Crippen LogP contribution in [-0.2, 0) is 9.59 Å². The fraction of sp³-hybridized carbons (Fsp3) is 0.478. The number of allylic oxidation sites excluding steroid dienone is 1. The number of aryl methyl sites for hydroxylation is 1. The topological polar surface area (TPSA) is 166 Å². The van der Waals surface area contributed by atoms with Crippen LogP contribution in [0.15, 0.2) is 34.5 Å². The molecule has 0 fully saturated rings. The zero-order valence-corrected chi connectivity index (χ0v) is 19.4. The predicted molar refractivity (Wildman–Crippen MR) is 126 cm³/mol. The van der Waals surface area contributed by atoms with Gasteiger partial charge in [-0.3, -0.25) is 15.0 Å². The molecule has 1 aromatic rings. The highest BCUT2D eigenvalue weighted by Crippen LogP contribution is 2.24. The molecular formula is C23H36N5O4+. The molecule has 0 radical (unpaired) electrons. The number of carbonyl (C=O) groups excluding carboxylic acids is 2. The van der Waals surface area contributed by atoms with E-state index in [0.717, 1.165) is 19.3 Å². The molecular weight excluding hydrogens is 410 g/mol. The molecule has 0 aliphatic rings. The monoisotopic (exact) mass is 446 g/mol. The Morgan fingerprint density at radius 1 is 1.28 bits per heavy atom. The number of hydrogen-bond acceptors (Lipinski definition) is 5. The molecule has 0 aliphatic carbocycles. The second kappa shape index (κ2) is 13.1. The maximum Gasteiger partial charge on any atom is 0.259 e. The molecule has 2 amide bonds. The van der Waals surface area contributed by atoms with E-state index < -0.39 is 11.8 Å². The lowest BCUT2D eigenvalue weighted by molar-refractivity contribution is -0.120. The van der Waals surface area contributed by atoms with Crippen molar-refractivity contribution >= 4 is 29.0 Å². The smallest absolute Gasteiger partial charge is 0.259 e. The third-order valence-corrected chi connectivity index (χ3v) is 4.62. The number of aliphatic imine (C=N–C) groups is 1. The van der Waals surface area contributed by atoms with Crippen LogP contribution in [0.4, 0.5) is 5.69 Å². The van der Waals surface area contributed by atoms with Crippen LogP contribution in [0.3, 0.4) is 0 Å². The molecule has 1 aromatic carbocycles. The second-order valence-electron chi connectivity index (χ2n) is 7.99. The molecule has 0 aliphatic heterocycles. The maximum atomic E-state index is 12.8. The highest BCUT2D eigenvalue weighted by molar-refractivity contribution is 6.24. The van der Waals surface area contributed by atoms with Crippen LogP contribution in [0.1, 0.15) is 52.0 Å². The molecule has 0 saturated heterocycles. The number of aliphatic hydroxyl groups excluding tert-OH is 1. The summed E-state index contributed by atoms with van der Waals surface area (Å²) in [6, 6.07) is 4.91. The molecule has 32 heavy (non-hydrogen) atoms. The lowest BCUT2D eigenvalue weighted by Gasteiger charge is -2.12. The van der Waals surface area contributed by atoms with E-state index >= 15 is 0 Å². The summed E-state index contributed by atoms with van der Waals surface area (Å²) in [5.41, 5.74) is 12.4. The molecule has 0 unspecified atom stereocenters. The largest absolute Gasteiger partial charge is 0.502 e. The first-order valence-electron chi connectivity index (χ1n) is 10.8. The summed E-state index contributed by atoms with van der Waals surface area (Å²) >= 11 is 0. The van der Waals surface area contributed by atoms with Crippen molar-refractivity contribution < 1.29 is 24.8 Å². The number of nitrogens with one attached hydrogen (secondary N) is 1. The summed E-state index contributed by atoms with van der Waals surface area (Å²) in [6.45, 7) is 8.06. The predicted octanol–water partition coefficient (Wildman–Crippen LogP) is 1.21. The maximum absolute atomic E-state index is 12.8. The minimum atomic E-state index is -0.584. The molecule has 0 heterocycles. The van der Waals surface area contributed by atoms with Gasteiger partial charge in [0.2, 0.25) is 5.71 Å². The first-order chi connectivity index (χ1) is 15.1. The molecule has 9 nitrogen and oxygen atoms in total. The van der Waals surface area contributed by atoms with Gasteiger partial charge in [-0.1, -0.05) is 27.2 Å². The lowest BCUT2D eigenvalue weighted by Crippen LogP contribution is -2.44. The number of rotatable bonds is 13. The molecule has 0 atom stereocenters. The molecule has 0 saturated carbocycles. The van der Waals surface area contributed by atoms with E-state index in [9.17, 15) is 14.7 Å². The zero-order valence-electron chi connectivity index (χ0n) is 19.4. The Morgan fingerprint density at radius 3 is 2.53 bits per heavy atom. The van der Waals surface area contributed by atoms with Crippen molar-refractivity contribution in [2.45, 2.75) is 53.4 Å². The van der Waals surface area contributed by atoms with Gasteiger partial charge in [0.05, 0.1) is 5.69 Å². The van der Waals surface area contributed by atoms with Crippen molar-refractivity contribution in [3.8, 4) is 5.75 Å². The Kier molecular flexibility index (Phi) is 11.0. The fourth-order valence-electron chi connectivity index (χ4n) is 2.74. The summed E-state index contributed by atoms with van der Waals surface area (Å²) in [5, 5.41) is 19.5. The zero-order chi connectivity index (χ0) is 24.3. The quantitative estimate of drug-likeness (QED) is 0.133. The summed E-state index contributed by atoms with van der Waals surface area (Å²) in [5.74, 6) is -0.788. The van der Waals surface area contributed by atoms with Crippen LogP contribution in [-0.4, -0.2) is 41.6 Å². The molecule has 1 rings (SSSR count). The average Bonchev–Trinajstić information content (AvgIpc) is 2.71. The van der Waals surface area contributed by atoms with Gasteiger partial charge in [0.1, 0.15) is 17.2 Å². The number of amidine groups is 1. The van der Waals surface area contributed by atoms with Crippen LogP contribution in [0.2, 0.25) is 0 Å². The number of aliphatic hydroxyl groups is 1. The van der Waals surface area contributed by atoms with E-state index in [1.165, 1.54) is 0 Å². The Bertz CT molecular complexity index is 890. The summed E-state index contributed by atoms with van der Waals surface area (Å²) < 4.78 is 5.28.